The molecule has 1 saturated heterocycles. The van der Waals surface area contributed by atoms with Crippen molar-refractivity contribution in [2.75, 3.05) is 44.1 Å². The quantitative estimate of drug-likeness (QED) is 0.843. The molecule has 8 nitrogen and oxygen atoms in total. The van der Waals surface area contributed by atoms with Crippen LogP contribution in [0.25, 0.3) is 11.0 Å². The minimum Gasteiger partial charge on any atom is -0.494 e. The zero-order chi connectivity index (χ0) is 17.3. The van der Waals surface area contributed by atoms with Gasteiger partial charge in [0.1, 0.15) is 12.4 Å². The predicted octanol–water partition coefficient (Wildman–Crippen LogP) is 0.934. The van der Waals surface area contributed by atoms with Crippen LogP contribution in [-0.2, 0) is 9.53 Å². The summed E-state index contributed by atoms with van der Waals surface area (Å²) < 4.78 is 12.5. The fourth-order valence-electron chi connectivity index (χ4n) is 3.06. The molecule has 130 valence electrons. The molecule has 1 amide bonds. The Bertz CT molecular complexity index is 758. The lowest BCUT2D eigenvalue weighted by molar-refractivity contribution is -0.125. The van der Waals surface area contributed by atoms with Crippen LogP contribution in [0.1, 0.15) is 19.4 Å². The van der Waals surface area contributed by atoms with Gasteiger partial charge in [-0.1, -0.05) is 0 Å². The number of hydrogen-bond donors (Lipinski definition) is 2. The number of hydrogen-bond acceptors (Lipinski definition) is 6. The fourth-order valence-corrected chi connectivity index (χ4v) is 3.06. The highest BCUT2D eigenvalue weighted by Crippen LogP contribution is 2.36. The molecule has 0 radical (unpaired) electrons. The Morgan fingerprint density at radius 3 is 2.96 bits per heavy atom. The molecule has 0 saturated carbocycles. The average molecular weight is 334 g/mol. The van der Waals surface area contributed by atoms with Crippen molar-refractivity contribution in [1.82, 2.24) is 9.55 Å². The molecule has 1 aromatic carbocycles. The van der Waals surface area contributed by atoms with Gasteiger partial charge in [0, 0.05) is 25.3 Å². The van der Waals surface area contributed by atoms with Crippen molar-refractivity contribution in [2.45, 2.75) is 19.4 Å². The number of fused-ring (bicyclic) bond motifs is 1. The maximum absolute atomic E-state index is 12.1. The molecule has 1 fully saturated rings. The number of imidazole rings is 1. The number of morpholine rings is 1. The van der Waals surface area contributed by atoms with Gasteiger partial charge < -0.3 is 29.8 Å². The van der Waals surface area contributed by atoms with Crippen LogP contribution < -0.4 is 15.4 Å². The summed E-state index contributed by atoms with van der Waals surface area (Å²) in [5, 5.41) is 9.19. The van der Waals surface area contributed by atoms with E-state index in [0.29, 0.717) is 42.5 Å². The van der Waals surface area contributed by atoms with Gasteiger partial charge in [-0.05, 0) is 19.4 Å². The van der Waals surface area contributed by atoms with E-state index in [1.165, 1.54) is 0 Å². The molecular formula is C16H22N4O4. The van der Waals surface area contributed by atoms with Crippen molar-refractivity contribution >= 4 is 28.6 Å². The molecule has 1 aliphatic heterocycles. The minimum atomic E-state index is -0.111. The maximum atomic E-state index is 12.1. The molecule has 1 aromatic heterocycles. The fraction of sp³-hybridized carbons (Fsp3) is 0.500. The zero-order valence-electron chi connectivity index (χ0n) is 13.9. The second-order valence-corrected chi connectivity index (χ2v) is 5.81. The lowest BCUT2D eigenvalue weighted by Gasteiger charge is -2.28. The van der Waals surface area contributed by atoms with E-state index in [9.17, 15) is 9.90 Å². The van der Waals surface area contributed by atoms with Crippen molar-refractivity contribution in [3.05, 3.63) is 12.1 Å². The van der Waals surface area contributed by atoms with Crippen LogP contribution in [0.5, 0.6) is 5.75 Å². The van der Waals surface area contributed by atoms with Crippen LogP contribution in [0.15, 0.2) is 12.1 Å². The smallest absolute Gasteiger partial charge is 0.253 e. The SMILES string of the molecule is COc1cc2c(cc1N1CCOCC1=O)nc(N)n2C(C)CCO. The van der Waals surface area contributed by atoms with Gasteiger partial charge >= 0.3 is 0 Å². The number of amides is 1. The summed E-state index contributed by atoms with van der Waals surface area (Å²) in [6.45, 7) is 3.05. The third-order valence-corrected chi connectivity index (χ3v) is 4.28. The Hall–Kier alpha value is -2.32. The predicted molar refractivity (Wildman–Crippen MR) is 90.3 cm³/mol. The number of benzene rings is 1. The number of carbonyl (C=O) groups is 1. The van der Waals surface area contributed by atoms with Crippen molar-refractivity contribution in [3.63, 3.8) is 0 Å². The molecule has 0 aliphatic carbocycles. The number of anilines is 2. The molecule has 3 rings (SSSR count). The Labute approximate surface area is 139 Å². The van der Waals surface area contributed by atoms with Gasteiger partial charge in [0.2, 0.25) is 5.95 Å². The largest absolute Gasteiger partial charge is 0.494 e. The third kappa shape index (κ3) is 2.78. The van der Waals surface area contributed by atoms with Crippen LogP contribution in [0.4, 0.5) is 11.6 Å². The highest BCUT2D eigenvalue weighted by molar-refractivity contribution is 5.99. The first-order valence-electron chi connectivity index (χ1n) is 7.91. The molecule has 8 heteroatoms. The highest BCUT2D eigenvalue weighted by Gasteiger charge is 2.25. The molecule has 1 unspecified atom stereocenters. The average Bonchev–Trinajstić information content (AvgIpc) is 2.89. The number of nitrogens with zero attached hydrogens (tertiary/aromatic N) is 3. The number of nitrogen functional groups attached to an aromatic ring is 1. The van der Waals surface area contributed by atoms with Crippen molar-refractivity contribution in [1.29, 1.82) is 0 Å². The zero-order valence-corrected chi connectivity index (χ0v) is 13.9. The second kappa shape index (κ2) is 6.66. The standard InChI is InChI=1S/C16H22N4O4/c1-10(3-5-21)20-12-8-14(23-2)13(7-11(12)18-16(20)17)19-4-6-24-9-15(19)22/h7-8,10,21H,3-6,9H2,1-2H3,(H2,17,18). The number of carbonyl (C=O) groups excluding carboxylic acids is 1. The van der Waals surface area contributed by atoms with Gasteiger partial charge in [0.05, 0.1) is 30.4 Å². The summed E-state index contributed by atoms with van der Waals surface area (Å²) in [4.78, 5) is 18.2. The summed E-state index contributed by atoms with van der Waals surface area (Å²) in [6, 6.07) is 3.65. The molecule has 1 aliphatic rings. The van der Waals surface area contributed by atoms with E-state index in [1.807, 2.05) is 23.6 Å². The number of methoxy groups -OCH3 is 1. The van der Waals surface area contributed by atoms with Gasteiger partial charge in [0.15, 0.2) is 0 Å². The van der Waals surface area contributed by atoms with Crippen molar-refractivity contribution in [3.8, 4) is 5.75 Å². The van der Waals surface area contributed by atoms with E-state index in [4.69, 9.17) is 15.2 Å². The van der Waals surface area contributed by atoms with Crippen LogP contribution in [-0.4, -0.2) is 54.0 Å². The minimum absolute atomic E-state index is 0.000532. The van der Waals surface area contributed by atoms with Gasteiger partial charge in [-0.2, -0.15) is 0 Å². The van der Waals surface area contributed by atoms with E-state index < -0.39 is 0 Å². The summed E-state index contributed by atoms with van der Waals surface area (Å²) in [5.74, 6) is 0.841. The number of aliphatic hydroxyl groups is 1. The van der Waals surface area contributed by atoms with E-state index in [2.05, 4.69) is 4.98 Å². The normalized spacial score (nSPS) is 16.6. The lowest BCUT2D eigenvalue weighted by atomic mass is 10.2. The summed E-state index contributed by atoms with van der Waals surface area (Å²) in [6.07, 6.45) is 0.571. The van der Waals surface area contributed by atoms with Crippen LogP contribution in [0, 0.1) is 0 Å². The number of aliphatic hydroxyl groups excluding tert-OH is 1. The molecule has 2 heterocycles. The van der Waals surface area contributed by atoms with Crippen molar-refractivity contribution in [2.24, 2.45) is 0 Å². The maximum Gasteiger partial charge on any atom is 0.253 e. The van der Waals surface area contributed by atoms with Crippen LogP contribution in [0.3, 0.4) is 0 Å². The number of ether oxygens (including phenoxy) is 2. The van der Waals surface area contributed by atoms with E-state index in [-0.39, 0.29) is 25.2 Å². The molecular weight excluding hydrogens is 312 g/mol. The van der Waals surface area contributed by atoms with Gasteiger partial charge in [0.25, 0.3) is 5.91 Å². The van der Waals surface area contributed by atoms with Gasteiger partial charge in [-0.25, -0.2) is 4.98 Å². The Kier molecular flexibility index (Phi) is 4.59. The van der Waals surface area contributed by atoms with E-state index in [0.717, 1.165) is 5.52 Å². The Morgan fingerprint density at radius 1 is 1.50 bits per heavy atom. The molecule has 0 spiro atoms. The number of aromatic nitrogens is 2. The Balaban J connectivity index is 2.11. The molecule has 2 aromatic rings. The Morgan fingerprint density at radius 2 is 2.29 bits per heavy atom. The van der Waals surface area contributed by atoms with E-state index in [1.54, 1.807) is 12.0 Å². The van der Waals surface area contributed by atoms with Crippen LogP contribution in [0.2, 0.25) is 0 Å². The van der Waals surface area contributed by atoms with Gasteiger partial charge in [-0.15, -0.1) is 0 Å². The van der Waals surface area contributed by atoms with Crippen molar-refractivity contribution < 1.29 is 19.4 Å². The summed E-state index contributed by atoms with van der Waals surface area (Å²) in [7, 11) is 1.57. The second-order valence-electron chi connectivity index (χ2n) is 5.81. The highest BCUT2D eigenvalue weighted by atomic mass is 16.5. The first kappa shape index (κ1) is 16.5. The van der Waals surface area contributed by atoms with Crippen LogP contribution >= 0.6 is 0 Å². The third-order valence-electron chi connectivity index (χ3n) is 4.28. The number of nitrogens with two attached hydrogens (primary N) is 1. The lowest BCUT2D eigenvalue weighted by Crippen LogP contribution is -2.41. The van der Waals surface area contributed by atoms with Gasteiger partial charge in [-0.3, -0.25) is 4.79 Å². The molecule has 3 N–H and O–H groups in total. The first-order valence-corrected chi connectivity index (χ1v) is 7.91. The monoisotopic (exact) mass is 334 g/mol. The first-order chi connectivity index (χ1) is 11.6. The summed E-state index contributed by atoms with van der Waals surface area (Å²) in [5.41, 5.74) is 8.23. The number of rotatable bonds is 5. The topological polar surface area (TPSA) is 103 Å². The molecule has 24 heavy (non-hydrogen) atoms. The summed E-state index contributed by atoms with van der Waals surface area (Å²) >= 11 is 0. The molecule has 1 atom stereocenters. The van der Waals surface area contributed by atoms with E-state index >= 15 is 0 Å². The molecule has 0 bridgehead atoms.